The Morgan fingerprint density at radius 1 is 1.24 bits per heavy atom. The van der Waals surface area contributed by atoms with E-state index < -0.39 is 17.5 Å². The highest BCUT2D eigenvalue weighted by Gasteiger charge is 2.50. The first-order chi connectivity index (χ1) is 13.8. The van der Waals surface area contributed by atoms with Crippen LogP contribution in [0.4, 0.5) is 4.79 Å². The Morgan fingerprint density at radius 3 is 2.41 bits per heavy atom. The molecule has 7 heteroatoms. The van der Waals surface area contributed by atoms with Crippen molar-refractivity contribution in [1.29, 1.82) is 5.26 Å². The minimum Gasteiger partial charge on any atom is -0.336 e. The van der Waals surface area contributed by atoms with E-state index in [1.165, 1.54) is 6.42 Å². The number of carbonyl (C=O) groups is 3. The molecule has 1 aromatic carbocycles. The third-order valence-corrected chi connectivity index (χ3v) is 5.97. The van der Waals surface area contributed by atoms with Gasteiger partial charge in [-0.25, -0.2) is 4.79 Å². The normalized spacial score (nSPS) is 22.5. The molecule has 0 bridgehead atoms. The maximum absolute atomic E-state index is 13.1. The number of hydrogen-bond donors (Lipinski definition) is 1. The second-order valence-electron chi connectivity index (χ2n) is 8.32. The van der Waals surface area contributed by atoms with Crippen molar-refractivity contribution in [1.82, 2.24) is 15.1 Å². The average Bonchev–Trinajstić information content (AvgIpc) is 2.92. The Bertz CT molecular complexity index is 837. The molecule has 0 radical (unpaired) electrons. The molecule has 1 aliphatic heterocycles. The summed E-state index contributed by atoms with van der Waals surface area (Å²) in [6.45, 7) is 5.31. The lowest BCUT2D eigenvalue weighted by Crippen LogP contribution is -2.51. The summed E-state index contributed by atoms with van der Waals surface area (Å²) < 4.78 is 0. The molecule has 1 heterocycles. The zero-order valence-electron chi connectivity index (χ0n) is 17.3. The second kappa shape index (κ2) is 8.24. The molecule has 1 N–H and O–H groups in total. The maximum Gasteiger partial charge on any atom is 0.325 e. The summed E-state index contributed by atoms with van der Waals surface area (Å²) in [5.74, 6) is -0.646. The first-order valence-electron chi connectivity index (χ1n) is 10.2. The lowest BCUT2D eigenvalue weighted by Gasteiger charge is -2.38. The van der Waals surface area contributed by atoms with Crippen molar-refractivity contribution in [2.45, 2.75) is 70.5 Å². The molecular weight excluding hydrogens is 368 g/mol. The van der Waals surface area contributed by atoms with Crippen LogP contribution in [0.15, 0.2) is 24.3 Å². The molecule has 1 atom stereocenters. The molecule has 1 saturated carbocycles. The van der Waals surface area contributed by atoms with Crippen LogP contribution in [-0.4, -0.2) is 46.3 Å². The number of benzene rings is 1. The van der Waals surface area contributed by atoms with Crippen LogP contribution in [0.3, 0.4) is 0 Å². The van der Waals surface area contributed by atoms with Gasteiger partial charge in [0.2, 0.25) is 5.91 Å². The highest BCUT2D eigenvalue weighted by Crippen LogP contribution is 2.30. The lowest BCUT2D eigenvalue weighted by atomic mass is 9.91. The van der Waals surface area contributed by atoms with Gasteiger partial charge in [0.15, 0.2) is 0 Å². The Hall–Kier alpha value is -2.88. The highest BCUT2D eigenvalue weighted by molar-refractivity contribution is 6.09. The Labute approximate surface area is 171 Å². The summed E-state index contributed by atoms with van der Waals surface area (Å²) in [7, 11) is 0. The first-order valence-corrected chi connectivity index (χ1v) is 10.2. The standard InChI is InChI=1S/C22H28N4O3/c1-15(2)26(18-7-5-4-6-8-18)19(27)14-25-20(28)22(3,24-21(25)29)17-11-9-16(13-23)10-12-17/h9-12,15,18H,4-8,14H2,1-3H3,(H,24,29). The summed E-state index contributed by atoms with van der Waals surface area (Å²) in [6.07, 6.45) is 5.31. The molecule has 0 spiro atoms. The molecule has 1 aliphatic carbocycles. The van der Waals surface area contributed by atoms with E-state index in [2.05, 4.69) is 5.32 Å². The number of urea groups is 1. The number of imide groups is 1. The van der Waals surface area contributed by atoms with Crippen LogP contribution >= 0.6 is 0 Å². The third kappa shape index (κ3) is 3.98. The van der Waals surface area contributed by atoms with Gasteiger partial charge in [-0.3, -0.25) is 14.5 Å². The molecule has 1 unspecified atom stereocenters. The van der Waals surface area contributed by atoms with Crippen molar-refractivity contribution in [2.24, 2.45) is 0 Å². The van der Waals surface area contributed by atoms with Crippen LogP contribution in [0.5, 0.6) is 0 Å². The van der Waals surface area contributed by atoms with Crippen molar-refractivity contribution in [3.63, 3.8) is 0 Å². The molecule has 2 aliphatic rings. The van der Waals surface area contributed by atoms with Gasteiger partial charge >= 0.3 is 6.03 Å². The third-order valence-electron chi connectivity index (χ3n) is 5.97. The largest absolute Gasteiger partial charge is 0.336 e. The maximum atomic E-state index is 13.1. The Morgan fingerprint density at radius 2 is 1.86 bits per heavy atom. The fourth-order valence-corrected chi connectivity index (χ4v) is 4.40. The number of carbonyl (C=O) groups excluding carboxylic acids is 3. The summed E-state index contributed by atoms with van der Waals surface area (Å²) in [6, 6.07) is 8.18. The average molecular weight is 396 g/mol. The molecule has 29 heavy (non-hydrogen) atoms. The molecule has 1 saturated heterocycles. The number of nitrogens with zero attached hydrogens (tertiary/aromatic N) is 3. The van der Waals surface area contributed by atoms with Crippen LogP contribution in [0.25, 0.3) is 0 Å². The van der Waals surface area contributed by atoms with Gasteiger partial charge in [-0.2, -0.15) is 5.26 Å². The van der Waals surface area contributed by atoms with E-state index in [1.54, 1.807) is 31.2 Å². The van der Waals surface area contributed by atoms with E-state index in [1.807, 2.05) is 24.8 Å². The van der Waals surface area contributed by atoms with Crippen molar-refractivity contribution in [3.8, 4) is 6.07 Å². The summed E-state index contributed by atoms with van der Waals surface area (Å²) in [5, 5.41) is 11.7. The van der Waals surface area contributed by atoms with Gasteiger partial charge in [0, 0.05) is 12.1 Å². The summed E-state index contributed by atoms with van der Waals surface area (Å²) in [5.41, 5.74) is -0.197. The number of nitrogens with one attached hydrogen (secondary N) is 1. The molecule has 154 valence electrons. The number of hydrogen-bond acceptors (Lipinski definition) is 4. The van der Waals surface area contributed by atoms with E-state index in [9.17, 15) is 14.4 Å². The van der Waals surface area contributed by atoms with Crippen LogP contribution in [0.1, 0.15) is 64.0 Å². The summed E-state index contributed by atoms with van der Waals surface area (Å²) in [4.78, 5) is 41.6. The Kier molecular flexibility index (Phi) is 5.92. The molecule has 4 amide bonds. The Balaban J connectivity index is 1.78. The second-order valence-corrected chi connectivity index (χ2v) is 8.32. The minimum absolute atomic E-state index is 0.0104. The van der Waals surface area contributed by atoms with Gasteiger partial charge < -0.3 is 10.2 Å². The molecule has 0 aromatic heterocycles. The first kappa shape index (κ1) is 20.8. The predicted molar refractivity (Wildman–Crippen MR) is 108 cm³/mol. The zero-order valence-corrected chi connectivity index (χ0v) is 17.3. The minimum atomic E-state index is -1.25. The zero-order chi connectivity index (χ0) is 21.2. The highest BCUT2D eigenvalue weighted by atomic mass is 16.2. The van der Waals surface area contributed by atoms with E-state index in [0.717, 1.165) is 30.6 Å². The smallest absolute Gasteiger partial charge is 0.325 e. The van der Waals surface area contributed by atoms with Crippen LogP contribution in [0.2, 0.25) is 0 Å². The number of nitriles is 1. The SMILES string of the molecule is CC(C)N(C(=O)CN1C(=O)NC(C)(c2ccc(C#N)cc2)C1=O)C1CCCCC1. The number of rotatable bonds is 5. The van der Waals surface area contributed by atoms with E-state index in [4.69, 9.17) is 5.26 Å². The molecule has 2 fully saturated rings. The van der Waals surface area contributed by atoms with E-state index in [-0.39, 0.29) is 24.5 Å². The van der Waals surface area contributed by atoms with Gasteiger partial charge in [0.25, 0.3) is 5.91 Å². The van der Waals surface area contributed by atoms with Crippen molar-refractivity contribution < 1.29 is 14.4 Å². The van der Waals surface area contributed by atoms with Gasteiger partial charge in [-0.1, -0.05) is 31.4 Å². The molecule has 3 rings (SSSR count). The quantitative estimate of drug-likeness (QED) is 0.775. The van der Waals surface area contributed by atoms with Crippen LogP contribution in [-0.2, 0) is 15.1 Å². The van der Waals surface area contributed by atoms with E-state index in [0.29, 0.717) is 11.1 Å². The van der Waals surface area contributed by atoms with Crippen molar-refractivity contribution in [3.05, 3.63) is 35.4 Å². The number of amides is 4. The van der Waals surface area contributed by atoms with Gasteiger partial charge in [-0.05, 0) is 51.3 Å². The van der Waals surface area contributed by atoms with Gasteiger partial charge in [0.05, 0.1) is 11.6 Å². The lowest BCUT2D eigenvalue weighted by molar-refractivity contribution is -0.142. The fourth-order valence-electron chi connectivity index (χ4n) is 4.40. The predicted octanol–water partition coefficient (Wildman–Crippen LogP) is 2.89. The van der Waals surface area contributed by atoms with Crippen LogP contribution < -0.4 is 5.32 Å². The molecule has 1 aromatic rings. The monoisotopic (exact) mass is 396 g/mol. The van der Waals surface area contributed by atoms with Gasteiger partial charge in [-0.15, -0.1) is 0 Å². The molecule has 7 nitrogen and oxygen atoms in total. The fraction of sp³-hybridized carbons (Fsp3) is 0.545. The topological polar surface area (TPSA) is 93.5 Å². The molecular formula is C22H28N4O3. The van der Waals surface area contributed by atoms with Gasteiger partial charge in [0.1, 0.15) is 12.1 Å². The van der Waals surface area contributed by atoms with Crippen molar-refractivity contribution >= 4 is 17.8 Å². The summed E-state index contributed by atoms with van der Waals surface area (Å²) >= 11 is 0. The van der Waals surface area contributed by atoms with Crippen molar-refractivity contribution in [2.75, 3.05) is 6.54 Å². The van der Waals surface area contributed by atoms with E-state index >= 15 is 0 Å². The van der Waals surface area contributed by atoms with Crippen LogP contribution in [0, 0.1) is 11.3 Å².